The Morgan fingerprint density at radius 3 is 2.38 bits per heavy atom. The lowest BCUT2D eigenvalue weighted by Crippen LogP contribution is -2.13. The van der Waals surface area contributed by atoms with Crippen LogP contribution in [0.3, 0.4) is 0 Å². The predicted molar refractivity (Wildman–Crippen MR) is 71.3 cm³/mol. The van der Waals surface area contributed by atoms with Gasteiger partial charge in [0.25, 0.3) is 0 Å². The zero-order chi connectivity index (χ0) is 12.1. The molecule has 0 heteroatoms. The third-order valence-corrected chi connectivity index (χ3v) is 4.44. The largest absolute Gasteiger partial charge is 0.0622 e. The van der Waals surface area contributed by atoms with Crippen molar-refractivity contribution in [1.82, 2.24) is 0 Å². The maximum atomic E-state index is 2.52. The molecule has 0 aromatic carbocycles. The second-order valence-electron chi connectivity index (χ2n) is 7.06. The van der Waals surface area contributed by atoms with Crippen molar-refractivity contribution in [2.45, 2.75) is 54.4 Å². The van der Waals surface area contributed by atoms with Crippen molar-refractivity contribution >= 4 is 0 Å². The molecule has 2 rings (SSSR count). The monoisotopic (exact) mass is 218 g/mol. The third-order valence-electron chi connectivity index (χ3n) is 4.44. The molecule has 0 nitrogen and oxygen atoms in total. The van der Waals surface area contributed by atoms with E-state index in [4.69, 9.17) is 0 Å². The van der Waals surface area contributed by atoms with Gasteiger partial charge in [0, 0.05) is 0 Å². The van der Waals surface area contributed by atoms with Crippen LogP contribution in [0.15, 0.2) is 22.8 Å². The van der Waals surface area contributed by atoms with E-state index in [1.807, 2.05) is 0 Å². The highest BCUT2D eigenvalue weighted by molar-refractivity contribution is 5.46. The van der Waals surface area contributed by atoms with E-state index >= 15 is 0 Å². The first-order valence-electron chi connectivity index (χ1n) is 6.74. The molecule has 0 saturated carbocycles. The molecule has 0 spiro atoms. The fourth-order valence-corrected chi connectivity index (χ4v) is 3.25. The van der Waals surface area contributed by atoms with Crippen LogP contribution in [0, 0.1) is 23.2 Å². The van der Waals surface area contributed by atoms with Crippen LogP contribution in [0.5, 0.6) is 0 Å². The van der Waals surface area contributed by atoms with Crippen molar-refractivity contribution in [2.24, 2.45) is 23.2 Å². The molecule has 16 heavy (non-hydrogen) atoms. The molecule has 0 amide bonds. The molecule has 90 valence electrons. The summed E-state index contributed by atoms with van der Waals surface area (Å²) in [5, 5.41) is 0. The van der Waals surface area contributed by atoms with Crippen LogP contribution in [0.2, 0.25) is 0 Å². The smallest absolute Gasteiger partial charge is 0.00912 e. The van der Waals surface area contributed by atoms with E-state index in [1.54, 1.807) is 16.7 Å². The Hall–Kier alpha value is -0.520. The third kappa shape index (κ3) is 1.87. The van der Waals surface area contributed by atoms with Crippen molar-refractivity contribution in [2.75, 3.05) is 0 Å². The van der Waals surface area contributed by atoms with Crippen LogP contribution in [0.1, 0.15) is 54.4 Å². The zero-order valence-electron chi connectivity index (χ0n) is 11.7. The Morgan fingerprint density at radius 1 is 1.25 bits per heavy atom. The van der Waals surface area contributed by atoms with Gasteiger partial charge >= 0.3 is 0 Å². The number of allylic oxidation sites excluding steroid dienone is 4. The molecule has 0 heterocycles. The van der Waals surface area contributed by atoms with Gasteiger partial charge in [0.2, 0.25) is 0 Å². The first-order valence-corrected chi connectivity index (χ1v) is 6.74. The van der Waals surface area contributed by atoms with Crippen LogP contribution in [0.4, 0.5) is 0 Å². The minimum absolute atomic E-state index is 0.353. The lowest BCUT2D eigenvalue weighted by atomic mass is 9.80. The van der Waals surface area contributed by atoms with Crippen molar-refractivity contribution < 1.29 is 0 Å². The number of hydrogen-bond donors (Lipinski definition) is 0. The fraction of sp³-hybridized carbons (Fsp3) is 0.750. The van der Waals surface area contributed by atoms with E-state index in [0.29, 0.717) is 5.41 Å². The minimum atomic E-state index is 0.353. The second-order valence-corrected chi connectivity index (χ2v) is 7.06. The van der Waals surface area contributed by atoms with Crippen molar-refractivity contribution in [3.63, 3.8) is 0 Å². The van der Waals surface area contributed by atoms with E-state index in [-0.39, 0.29) is 0 Å². The predicted octanol–water partition coefficient (Wildman–Crippen LogP) is 4.97. The van der Waals surface area contributed by atoms with Gasteiger partial charge in [0.15, 0.2) is 0 Å². The minimum Gasteiger partial charge on any atom is -0.0622 e. The summed E-state index contributed by atoms with van der Waals surface area (Å²) in [5.74, 6) is 2.45. The summed E-state index contributed by atoms with van der Waals surface area (Å²) in [5.41, 5.74) is 5.46. The maximum Gasteiger partial charge on any atom is -0.00912 e. The summed E-state index contributed by atoms with van der Waals surface area (Å²) in [6, 6.07) is 0. The molecular formula is C16H26. The average Bonchev–Trinajstić information content (AvgIpc) is 2.65. The second kappa shape index (κ2) is 3.75. The first kappa shape index (κ1) is 12.0. The summed E-state index contributed by atoms with van der Waals surface area (Å²) < 4.78 is 0. The van der Waals surface area contributed by atoms with E-state index in [9.17, 15) is 0 Å². The molecule has 0 N–H and O–H groups in total. The van der Waals surface area contributed by atoms with Gasteiger partial charge in [-0.3, -0.25) is 0 Å². The van der Waals surface area contributed by atoms with Crippen molar-refractivity contribution in [3.8, 4) is 0 Å². The molecule has 0 aliphatic heterocycles. The Bertz CT molecular complexity index is 347. The van der Waals surface area contributed by atoms with Crippen LogP contribution >= 0.6 is 0 Å². The van der Waals surface area contributed by atoms with Gasteiger partial charge < -0.3 is 0 Å². The van der Waals surface area contributed by atoms with E-state index in [1.165, 1.54) is 12.8 Å². The quantitative estimate of drug-likeness (QED) is 0.583. The van der Waals surface area contributed by atoms with Crippen LogP contribution in [-0.4, -0.2) is 0 Å². The van der Waals surface area contributed by atoms with Gasteiger partial charge in [-0.05, 0) is 41.6 Å². The highest BCUT2D eigenvalue weighted by Gasteiger charge is 2.37. The average molecular weight is 218 g/mol. The molecule has 0 radical (unpaired) electrons. The molecule has 2 unspecified atom stereocenters. The summed E-state index contributed by atoms with van der Waals surface area (Å²) in [7, 11) is 0. The Kier molecular flexibility index (Phi) is 2.80. The van der Waals surface area contributed by atoms with Crippen LogP contribution < -0.4 is 0 Å². The Balaban J connectivity index is 2.25. The highest BCUT2D eigenvalue weighted by atomic mass is 14.4. The van der Waals surface area contributed by atoms with E-state index in [2.05, 4.69) is 47.6 Å². The summed E-state index contributed by atoms with van der Waals surface area (Å²) in [4.78, 5) is 0. The fourth-order valence-electron chi connectivity index (χ4n) is 3.25. The molecule has 0 aromatic rings. The normalized spacial score (nSPS) is 30.1. The maximum absolute atomic E-state index is 2.52. The van der Waals surface area contributed by atoms with Crippen molar-refractivity contribution in [1.29, 1.82) is 0 Å². The Labute approximate surface area is 101 Å². The van der Waals surface area contributed by atoms with Gasteiger partial charge in [-0.2, -0.15) is 0 Å². The van der Waals surface area contributed by atoms with Crippen LogP contribution in [0.25, 0.3) is 0 Å². The molecule has 0 aromatic heterocycles. The van der Waals surface area contributed by atoms with E-state index in [0.717, 1.165) is 17.8 Å². The number of hydrogen-bond acceptors (Lipinski definition) is 0. The highest BCUT2D eigenvalue weighted by Crippen LogP contribution is 2.50. The van der Waals surface area contributed by atoms with Crippen molar-refractivity contribution in [3.05, 3.63) is 22.8 Å². The SMILES string of the molecule is CC1CC(C(C)C)C2=C1C=C(C(C)(C)C)C2. The summed E-state index contributed by atoms with van der Waals surface area (Å²) >= 11 is 0. The van der Waals surface area contributed by atoms with Gasteiger partial charge in [0.05, 0.1) is 0 Å². The molecular weight excluding hydrogens is 192 g/mol. The summed E-state index contributed by atoms with van der Waals surface area (Å²) in [6.07, 6.45) is 5.16. The van der Waals surface area contributed by atoms with Gasteiger partial charge in [-0.1, -0.05) is 58.8 Å². The lowest BCUT2D eigenvalue weighted by molar-refractivity contribution is 0.395. The molecule has 0 saturated heterocycles. The standard InChI is InChI=1S/C16H26/c1-10(2)13-7-11(3)14-8-12(9-15(13)14)16(4,5)6/h8,10-11,13H,7,9H2,1-6H3. The topological polar surface area (TPSA) is 0 Å². The molecule has 0 fully saturated rings. The molecule has 2 aliphatic carbocycles. The number of rotatable bonds is 1. The Morgan fingerprint density at radius 2 is 1.88 bits per heavy atom. The zero-order valence-corrected chi connectivity index (χ0v) is 11.7. The van der Waals surface area contributed by atoms with Gasteiger partial charge in [-0.15, -0.1) is 0 Å². The van der Waals surface area contributed by atoms with Gasteiger partial charge in [0.1, 0.15) is 0 Å². The molecule has 2 atom stereocenters. The first-order chi connectivity index (χ1) is 7.30. The lowest BCUT2D eigenvalue weighted by Gasteiger charge is -2.25. The van der Waals surface area contributed by atoms with Gasteiger partial charge in [-0.25, -0.2) is 0 Å². The molecule has 2 aliphatic rings. The van der Waals surface area contributed by atoms with Crippen LogP contribution in [-0.2, 0) is 0 Å². The van der Waals surface area contributed by atoms with E-state index < -0.39 is 0 Å². The summed E-state index contributed by atoms with van der Waals surface area (Å²) in [6.45, 7) is 14.2. The molecule has 0 bridgehead atoms.